The van der Waals surface area contributed by atoms with Crippen LogP contribution in [0.25, 0.3) is 0 Å². The zero-order valence-electron chi connectivity index (χ0n) is 22.1. The van der Waals surface area contributed by atoms with E-state index in [0.29, 0.717) is 31.0 Å². The summed E-state index contributed by atoms with van der Waals surface area (Å²) < 4.78 is 30.9. The number of carbonyl (C=O) groups excluding carboxylic acids is 2. The first-order chi connectivity index (χ1) is 20.0. The molecule has 0 spiro atoms. The number of nitrogens with zero attached hydrogens (tertiary/aromatic N) is 1. The molecule has 206 valence electrons. The molecular formula is C33H27FN2O5. The molecule has 41 heavy (non-hydrogen) atoms. The highest BCUT2D eigenvalue weighted by Crippen LogP contribution is 2.38. The van der Waals surface area contributed by atoms with Gasteiger partial charge in [0, 0.05) is 13.1 Å². The van der Waals surface area contributed by atoms with Crippen LogP contribution >= 0.6 is 0 Å². The summed E-state index contributed by atoms with van der Waals surface area (Å²) >= 11 is 0. The van der Waals surface area contributed by atoms with Crippen molar-refractivity contribution in [2.24, 2.45) is 0 Å². The first-order valence-electron chi connectivity index (χ1n) is 13.3. The van der Waals surface area contributed by atoms with Crippen molar-refractivity contribution in [2.45, 2.75) is 25.6 Å². The smallest absolute Gasteiger partial charge is 0.290 e. The van der Waals surface area contributed by atoms with Crippen molar-refractivity contribution in [1.82, 2.24) is 10.2 Å². The number of fused-ring (bicyclic) bond motifs is 1. The van der Waals surface area contributed by atoms with Crippen molar-refractivity contribution in [2.75, 3.05) is 6.54 Å². The molecule has 0 fully saturated rings. The Labute approximate surface area is 236 Å². The molecule has 2 amide bonds. The van der Waals surface area contributed by atoms with E-state index in [-0.39, 0.29) is 35.8 Å². The van der Waals surface area contributed by atoms with E-state index in [1.54, 1.807) is 41.3 Å². The Balaban J connectivity index is 1.19. The van der Waals surface area contributed by atoms with Gasteiger partial charge in [0.15, 0.2) is 11.5 Å². The third-order valence-corrected chi connectivity index (χ3v) is 7.09. The SMILES string of the molecule is O=C(NCc1ccccc1)c1ccc(COc2ccc3c(c2)C(c2ccc(F)cc2)N(C(=O)c2ccco2)CC3)o1. The first-order valence-corrected chi connectivity index (χ1v) is 13.3. The molecule has 1 aliphatic heterocycles. The van der Waals surface area contributed by atoms with Gasteiger partial charge < -0.3 is 23.8 Å². The van der Waals surface area contributed by atoms with Crippen LogP contribution in [0.4, 0.5) is 4.39 Å². The van der Waals surface area contributed by atoms with Crippen LogP contribution in [0.2, 0.25) is 0 Å². The van der Waals surface area contributed by atoms with E-state index in [2.05, 4.69) is 5.32 Å². The summed E-state index contributed by atoms with van der Waals surface area (Å²) in [5, 5.41) is 2.85. The second kappa shape index (κ2) is 11.6. The van der Waals surface area contributed by atoms with Crippen LogP contribution in [0.1, 0.15) is 55.2 Å². The van der Waals surface area contributed by atoms with Gasteiger partial charge in [-0.25, -0.2) is 4.39 Å². The van der Waals surface area contributed by atoms with Crippen molar-refractivity contribution in [3.63, 3.8) is 0 Å². The summed E-state index contributed by atoms with van der Waals surface area (Å²) in [5.74, 6) is 0.624. The number of ether oxygens (including phenoxy) is 1. The number of halogens is 1. The van der Waals surface area contributed by atoms with Crippen molar-refractivity contribution < 1.29 is 27.6 Å². The summed E-state index contributed by atoms with van der Waals surface area (Å²) in [4.78, 5) is 27.6. The van der Waals surface area contributed by atoms with E-state index in [0.717, 1.165) is 22.3 Å². The maximum atomic E-state index is 13.8. The lowest BCUT2D eigenvalue weighted by atomic mass is 9.87. The molecule has 3 heterocycles. The van der Waals surface area contributed by atoms with Crippen LogP contribution in [0.5, 0.6) is 5.75 Å². The van der Waals surface area contributed by atoms with Crippen LogP contribution in [0, 0.1) is 5.82 Å². The molecule has 5 aromatic rings. The van der Waals surface area contributed by atoms with Crippen molar-refractivity contribution in [3.05, 3.63) is 149 Å². The fraction of sp³-hybridized carbons (Fsp3) is 0.152. The molecule has 0 saturated heterocycles. The predicted octanol–water partition coefficient (Wildman–Crippen LogP) is 6.31. The van der Waals surface area contributed by atoms with E-state index >= 15 is 0 Å². The fourth-order valence-corrected chi connectivity index (χ4v) is 5.05. The maximum absolute atomic E-state index is 13.8. The molecule has 1 N–H and O–H groups in total. The number of carbonyl (C=O) groups is 2. The van der Waals surface area contributed by atoms with Gasteiger partial charge in [-0.15, -0.1) is 0 Å². The highest BCUT2D eigenvalue weighted by Gasteiger charge is 2.34. The second-order valence-corrected chi connectivity index (χ2v) is 9.76. The van der Waals surface area contributed by atoms with Gasteiger partial charge in [-0.3, -0.25) is 9.59 Å². The van der Waals surface area contributed by atoms with Crippen LogP contribution in [0.15, 0.2) is 112 Å². The molecule has 8 heteroatoms. The Bertz CT molecular complexity index is 1640. The lowest BCUT2D eigenvalue weighted by Crippen LogP contribution is -2.40. The van der Waals surface area contributed by atoms with Crippen LogP contribution in [0.3, 0.4) is 0 Å². The number of benzene rings is 3. The largest absolute Gasteiger partial charge is 0.486 e. The number of furan rings is 2. The molecule has 0 radical (unpaired) electrons. The molecular weight excluding hydrogens is 523 g/mol. The third kappa shape index (κ3) is 5.77. The number of hydrogen-bond acceptors (Lipinski definition) is 5. The van der Waals surface area contributed by atoms with Crippen LogP contribution in [-0.4, -0.2) is 23.3 Å². The number of rotatable bonds is 8. The van der Waals surface area contributed by atoms with Crippen molar-refractivity contribution in [1.29, 1.82) is 0 Å². The van der Waals surface area contributed by atoms with Crippen molar-refractivity contribution in [3.8, 4) is 5.75 Å². The maximum Gasteiger partial charge on any atom is 0.290 e. The monoisotopic (exact) mass is 550 g/mol. The highest BCUT2D eigenvalue weighted by molar-refractivity contribution is 5.92. The molecule has 0 aliphatic carbocycles. The molecule has 3 aromatic carbocycles. The van der Waals surface area contributed by atoms with E-state index in [9.17, 15) is 14.0 Å². The topological polar surface area (TPSA) is 84.9 Å². The van der Waals surface area contributed by atoms with Gasteiger partial charge in [0.05, 0.1) is 12.3 Å². The summed E-state index contributed by atoms with van der Waals surface area (Å²) in [7, 11) is 0. The standard InChI is InChI=1S/C33H27FN2O5/c34-25-11-8-24(9-12-25)31-28-19-26(13-10-23(28)16-17-36(31)33(38)30-7-4-18-39-30)40-21-27-14-15-29(41-27)32(37)35-20-22-5-2-1-3-6-22/h1-15,18-19,31H,16-17,20-21H2,(H,35,37). The Kier molecular flexibility index (Phi) is 7.36. The molecule has 2 aromatic heterocycles. The molecule has 1 unspecified atom stereocenters. The van der Waals surface area contributed by atoms with Gasteiger partial charge >= 0.3 is 0 Å². The molecule has 1 aliphatic rings. The molecule has 7 nitrogen and oxygen atoms in total. The lowest BCUT2D eigenvalue weighted by Gasteiger charge is -2.37. The average Bonchev–Trinajstić information content (AvgIpc) is 3.72. The van der Waals surface area contributed by atoms with Gasteiger partial charge in [0.25, 0.3) is 11.8 Å². The minimum Gasteiger partial charge on any atom is -0.486 e. The quantitative estimate of drug-likeness (QED) is 0.245. The molecule has 1 atom stereocenters. The van der Waals surface area contributed by atoms with Crippen LogP contribution in [-0.2, 0) is 19.6 Å². The zero-order valence-corrected chi connectivity index (χ0v) is 22.1. The minimum absolute atomic E-state index is 0.112. The summed E-state index contributed by atoms with van der Waals surface area (Å²) in [6.45, 7) is 0.993. The lowest BCUT2D eigenvalue weighted by molar-refractivity contribution is 0.0661. The van der Waals surface area contributed by atoms with E-state index in [1.807, 2.05) is 48.5 Å². The van der Waals surface area contributed by atoms with E-state index in [1.165, 1.54) is 18.4 Å². The minimum atomic E-state index is -0.455. The second-order valence-electron chi connectivity index (χ2n) is 9.76. The van der Waals surface area contributed by atoms with Gasteiger partial charge in [-0.05, 0) is 77.2 Å². The van der Waals surface area contributed by atoms with Crippen LogP contribution < -0.4 is 10.1 Å². The van der Waals surface area contributed by atoms with E-state index < -0.39 is 6.04 Å². The van der Waals surface area contributed by atoms with Gasteiger partial charge in [0.1, 0.15) is 23.9 Å². The molecule has 6 rings (SSSR count). The first kappa shape index (κ1) is 26.1. The van der Waals surface area contributed by atoms with Gasteiger partial charge in [0.2, 0.25) is 0 Å². The average molecular weight is 551 g/mol. The Hall–Kier alpha value is -5.11. The Morgan fingerprint density at radius 1 is 0.927 bits per heavy atom. The highest BCUT2D eigenvalue weighted by atomic mass is 19.1. The normalized spacial score (nSPS) is 14.4. The summed E-state index contributed by atoms with van der Waals surface area (Å²) in [6.07, 6.45) is 2.12. The fourth-order valence-electron chi connectivity index (χ4n) is 5.05. The number of nitrogens with one attached hydrogen (secondary N) is 1. The summed E-state index contributed by atoms with van der Waals surface area (Å²) in [5.41, 5.74) is 3.74. The third-order valence-electron chi connectivity index (χ3n) is 7.09. The molecule has 0 bridgehead atoms. The zero-order chi connectivity index (χ0) is 28.2. The van der Waals surface area contributed by atoms with Crippen molar-refractivity contribution >= 4 is 11.8 Å². The van der Waals surface area contributed by atoms with Gasteiger partial charge in [-0.2, -0.15) is 0 Å². The van der Waals surface area contributed by atoms with Gasteiger partial charge in [-0.1, -0.05) is 48.5 Å². The predicted molar refractivity (Wildman–Crippen MR) is 149 cm³/mol. The Morgan fingerprint density at radius 3 is 2.54 bits per heavy atom. The summed E-state index contributed by atoms with van der Waals surface area (Å²) in [6, 6.07) is 27.8. The number of hydrogen-bond donors (Lipinski definition) is 1. The number of amides is 2. The Morgan fingerprint density at radius 2 is 1.76 bits per heavy atom. The van der Waals surface area contributed by atoms with E-state index in [4.69, 9.17) is 13.6 Å². The molecule has 0 saturated carbocycles.